The molecule has 0 saturated heterocycles. The first-order chi connectivity index (χ1) is 14.0. The summed E-state index contributed by atoms with van der Waals surface area (Å²) < 4.78 is 44.3. The SMILES string of the molecule is COC(=O)c1cc(S(=O)(=O)Oc2cc(Cl)cc(Cl)c2)cc(C(=O)OC)c1OC(N)=O. The number of hydrogen-bond acceptors (Lipinski definition) is 9. The van der Waals surface area contributed by atoms with Crippen molar-refractivity contribution in [1.29, 1.82) is 0 Å². The molecule has 10 nitrogen and oxygen atoms in total. The molecular weight excluding hydrogens is 465 g/mol. The first-order valence-corrected chi connectivity index (χ1v) is 9.87. The number of rotatable bonds is 6. The molecule has 0 unspecified atom stereocenters. The topological polar surface area (TPSA) is 148 Å². The van der Waals surface area contributed by atoms with Gasteiger partial charge in [-0.05, 0) is 18.2 Å². The third-order valence-electron chi connectivity index (χ3n) is 3.41. The minimum absolute atomic E-state index is 0.100. The first kappa shape index (κ1) is 23.3. The number of primary amides is 1. The summed E-state index contributed by atoms with van der Waals surface area (Å²) in [7, 11) is -2.65. The number of carbonyl (C=O) groups excluding carboxylic acids is 3. The Labute approximate surface area is 180 Å². The van der Waals surface area contributed by atoms with E-state index in [2.05, 4.69) is 9.47 Å². The third-order valence-corrected chi connectivity index (χ3v) is 5.07. The molecule has 2 aromatic rings. The zero-order valence-corrected chi connectivity index (χ0v) is 17.6. The number of carbonyl (C=O) groups is 3. The molecule has 2 aromatic carbocycles. The van der Waals surface area contributed by atoms with Gasteiger partial charge in [0, 0.05) is 22.2 Å². The van der Waals surface area contributed by atoms with Crippen LogP contribution in [0.2, 0.25) is 10.0 Å². The number of methoxy groups -OCH3 is 2. The van der Waals surface area contributed by atoms with Gasteiger partial charge < -0.3 is 24.1 Å². The molecule has 1 amide bonds. The van der Waals surface area contributed by atoms with E-state index in [0.29, 0.717) is 0 Å². The van der Waals surface area contributed by atoms with Crippen LogP contribution in [-0.4, -0.2) is 40.7 Å². The lowest BCUT2D eigenvalue weighted by atomic mass is 10.1. The highest BCUT2D eigenvalue weighted by Gasteiger charge is 2.29. The van der Waals surface area contributed by atoms with Gasteiger partial charge in [0.1, 0.15) is 21.8 Å². The lowest BCUT2D eigenvalue weighted by molar-refractivity contribution is 0.0593. The molecule has 0 aliphatic carbocycles. The van der Waals surface area contributed by atoms with E-state index in [-0.39, 0.29) is 15.8 Å². The lowest BCUT2D eigenvalue weighted by Gasteiger charge is -2.14. The average Bonchev–Trinajstić information content (AvgIpc) is 2.65. The van der Waals surface area contributed by atoms with Crippen LogP contribution in [0.5, 0.6) is 11.5 Å². The Morgan fingerprint density at radius 2 is 1.33 bits per heavy atom. The molecule has 0 spiro atoms. The van der Waals surface area contributed by atoms with Gasteiger partial charge in [0.25, 0.3) is 0 Å². The van der Waals surface area contributed by atoms with Crippen LogP contribution in [0.15, 0.2) is 35.2 Å². The number of ether oxygens (including phenoxy) is 3. The van der Waals surface area contributed by atoms with Gasteiger partial charge in [-0.25, -0.2) is 14.4 Å². The number of benzene rings is 2. The van der Waals surface area contributed by atoms with E-state index in [1.165, 1.54) is 18.2 Å². The molecule has 0 aromatic heterocycles. The van der Waals surface area contributed by atoms with Gasteiger partial charge in [-0.2, -0.15) is 8.42 Å². The standard InChI is InChI=1S/C17H13Cl2NO9S/c1-26-15(21)12-6-11(7-13(16(22)27-2)14(12)28-17(20)23)30(24,25)29-10-4-8(18)3-9(19)5-10/h3-7H,1-2H3,(H2,20,23). The van der Waals surface area contributed by atoms with Gasteiger partial charge in [0.15, 0.2) is 5.75 Å². The monoisotopic (exact) mass is 477 g/mol. The second-order valence-electron chi connectivity index (χ2n) is 5.39. The Morgan fingerprint density at radius 1 is 0.867 bits per heavy atom. The molecule has 13 heteroatoms. The molecule has 0 fully saturated rings. The molecule has 0 aliphatic rings. The Balaban J connectivity index is 2.70. The van der Waals surface area contributed by atoms with Gasteiger partial charge >= 0.3 is 28.1 Å². The highest BCUT2D eigenvalue weighted by atomic mass is 35.5. The van der Waals surface area contributed by atoms with Crippen LogP contribution in [0.1, 0.15) is 20.7 Å². The molecule has 0 heterocycles. The van der Waals surface area contributed by atoms with Crippen LogP contribution < -0.4 is 14.7 Å². The fourth-order valence-corrected chi connectivity index (χ4v) is 3.71. The Morgan fingerprint density at radius 3 is 1.73 bits per heavy atom. The van der Waals surface area contributed by atoms with Crippen molar-refractivity contribution >= 4 is 51.4 Å². The van der Waals surface area contributed by atoms with Gasteiger partial charge in [-0.15, -0.1) is 0 Å². The fourth-order valence-electron chi connectivity index (χ4n) is 2.23. The highest BCUT2D eigenvalue weighted by Crippen LogP contribution is 2.32. The predicted molar refractivity (Wildman–Crippen MR) is 104 cm³/mol. The second kappa shape index (κ2) is 9.20. The number of esters is 2. The normalized spacial score (nSPS) is 10.8. The summed E-state index contributed by atoms with van der Waals surface area (Å²) in [5.74, 6) is -3.13. The van der Waals surface area contributed by atoms with Crippen LogP contribution in [0, 0.1) is 0 Å². The van der Waals surface area contributed by atoms with Crippen molar-refractivity contribution in [3.8, 4) is 11.5 Å². The molecule has 160 valence electrons. The van der Waals surface area contributed by atoms with E-state index in [0.717, 1.165) is 26.4 Å². The first-order valence-electron chi connectivity index (χ1n) is 7.71. The molecule has 2 rings (SSSR count). The maximum atomic E-state index is 12.7. The van der Waals surface area contributed by atoms with E-state index >= 15 is 0 Å². The summed E-state index contributed by atoms with van der Waals surface area (Å²) in [4.78, 5) is 34.8. The highest BCUT2D eigenvalue weighted by molar-refractivity contribution is 7.87. The van der Waals surface area contributed by atoms with Crippen molar-refractivity contribution in [2.45, 2.75) is 4.90 Å². The van der Waals surface area contributed by atoms with Crippen molar-refractivity contribution < 1.29 is 41.2 Å². The lowest BCUT2D eigenvalue weighted by Crippen LogP contribution is -2.22. The van der Waals surface area contributed by atoms with E-state index in [1.807, 2.05) is 0 Å². The molecule has 30 heavy (non-hydrogen) atoms. The third kappa shape index (κ3) is 5.32. The van der Waals surface area contributed by atoms with Crippen molar-refractivity contribution in [3.63, 3.8) is 0 Å². The van der Waals surface area contributed by atoms with Crippen molar-refractivity contribution in [2.24, 2.45) is 5.73 Å². The summed E-state index contributed by atoms with van der Waals surface area (Å²) in [6.07, 6.45) is -1.37. The van der Waals surface area contributed by atoms with Gasteiger partial charge in [-0.1, -0.05) is 23.2 Å². The molecule has 0 saturated carbocycles. The Bertz CT molecular complexity index is 1070. The number of nitrogens with two attached hydrogens (primary N) is 1. The van der Waals surface area contributed by atoms with Gasteiger partial charge in [-0.3, -0.25) is 0 Å². The largest absolute Gasteiger partial charge is 0.465 e. The quantitative estimate of drug-likeness (QED) is 0.489. The average molecular weight is 478 g/mol. The summed E-state index contributed by atoms with van der Waals surface area (Å²) in [6.45, 7) is 0. The summed E-state index contributed by atoms with van der Waals surface area (Å²) >= 11 is 11.6. The molecule has 0 atom stereocenters. The summed E-state index contributed by atoms with van der Waals surface area (Å²) in [6, 6.07) is 5.26. The number of amides is 1. The van der Waals surface area contributed by atoms with Crippen LogP contribution in [0.25, 0.3) is 0 Å². The zero-order valence-electron chi connectivity index (χ0n) is 15.3. The zero-order chi connectivity index (χ0) is 22.6. The van der Waals surface area contributed by atoms with Gasteiger partial charge in [0.05, 0.1) is 14.2 Å². The summed E-state index contributed by atoms with van der Waals surface area (Å²) in [5, 5.41) is 0.201. The molecule has 2 N–H and O–H groups in total. The molecule has 0 bridgehead atoms. The minimum Gasteiger partial charge on any atom is -0.465 e. The van der Waals surface area contributed by atoms with Crippen molar-refractivity contribution in [2.75, 3.05) is 14.2 Å². The Kier molecular flexibility index (Phi) is 7.13. The number of halogens is 2. The van der Waals surface area contributed by atoms with Crippen LogP contribution >= 0.6 is 23.2 Å². The second-order valence-corrected chi connectivity index (χ2v) is 7.81. The minimum atomic E-state index is -4.63. The fraction of sp³-hybridized carbons (Fsp3) is 0.118. The molecule has 0 radical (unpaired) electrons. The maximum absolute atomic E-state index is 12.7. The van der Waals surface area contributed by atoms with E-state index in [4.69, 9.17) is 37.9 Å². The predicted octanol–water partition coefficient (Wildman–Crippen LogP) is 2.79. The summed E-state index contributed by atoms with van der Waals surface area (Å²) in [5.41, 5.74) is 3.78. The maximum Gasteiger partial charge on any atom is 0.410 e. The van der Waals surface area contributed by atoms with Crippen molar-refractivity contribution in [1.82, 2.24) is 0 Å². The van der Waals surface area contributed by atoms with E-state index in [1.54, 1.807) is 0 Å². The number of hydrogen-bond donors (Lipinski definition) is 1. The van der Waals surface area contributed by atoms with E-state index in [9.17, 15) is 22.8 Å². The molecule has 0 aliphatic heterocycles. The smallest absolute Gasteiger partial charge is 0.410 e. The van der Waals surface area contributed by atoms with E-state index < -0.39 is 49.9 Å². The van der Waals surface area contributed by atoms with Crippen molar-refractivity contribution in [3.05, 3.63) is 51.5 Å². The molecular formula is C17H13Cl2NO9S. The van der Waals surface area contributed by atoms with Crippen LogP contribution in [-0.2, 0) is 19.6 Å². The van der Waals surface area contributed by atoms with Gasteiger partial charge in [0.2, 0.25) is 0 Å². The van der Waals surface area contributed by atoms with Crippen LogP contribution in [0.3, 0.4) is 0 Å². The van der Waals surface area contributed by atoms with Crippen LogP contribution in [0.4, 0.5) is 4.79 Å². The Hall–Kier alpha value is -3.02.